The van der Waals surface area contributed by atoms with Gasteiger partial charge in [-0.3, -0.25) is 4.79 Å². The summed E-state index contributed by atoms with van der Waals surface area (Å²) in [5.74, 6) is 0.504. The largest absolute Gasteiger partial charge is 0.352 e. The van der Waals surface area contributed by atoms with Gasteiger partial charge >= 0.3 is 0 Å². The average Bonchev–Trinajstić information content (AvgIpc) is 3.24. The molecule has 0 spiro atoms. The van der Waals surface area contributed by atoms with E-state index >= 15 is 0 Å². The van der Waals surface area contributed by atoms with Crippen molar-refractivity contribution in [1.82, 2.24) is 4.57 Å². The predicted molar refractivity (Wildman–Crippen MR) is 141 cm³/mol. The van der Waals surface area contributed by atoms with E-state index in [9.17, 15) is 4.79 Å². The Bertz CT molecular complexity index is 1210. The zero-order chi connectivity index (χ0) is 23.9. The van der Waals surface area contributed by atoms with Crippen molar-refractivity contribution in [2.24, 2.45) is 23.4 Å². The van der Waals surface area contributed by atoms with Crippen molar-refractivity contribution in [3.05, 3.63) is 68.3 Å². The number of rotatable bonds is 4. The lowest BCUT2D eigenvalue weighted by molar-refractivity contribution is 0.102. The lowest BCUT2D eigenvalue weighted by atomic mass is 9.72. The Morgan fingerprint density at radius 3 is 2.55 bits per heavy atom. The minimum Gasteiger partial charge on any atom is -0.352 e. The molecule has 1 N–H and O–H groups in total. The molecule has 4 rings (SSSR count). The van der Waals surface area contributed by atoms with Gasteiger partial charge in [-0.05, 0) is 80.3 Å². The van der Waals surface area contributed by atoms with Crippen LogP contribution in [0.1, 0.15) is 64.9 Å². The number of nitrogens with zero attached hydrogens (tertiary/aromatic N) is 2. The van der Waals surface area contributed by atoms with Gasteiger partial charge in [0, 0.05) is 45.8 Å². The normalized spacial score (nSPS) is 16.3. The summed E-state index contributed by atoms with van der Waals surface area (Å²) in [6.07, 6.45) is 4.91. The number of carbonyl (C=O) groups is 1. The second-order valence-corrected chi connectivity index (χ2v) is 11.6. The maximum atomic E-state index is 13.5. The molecule has 3 aromatic rings. The van der Waals surface area contributed by atoms with Crippen molar-refractivity contribution in [3.63, 3.8) is 0 Å². The first-order valence-electron chi connectivity index (χ1n) is 11.4. The quantitative estimate of drug-likeness (QED) is 0.385. The van der Waals surface area contributed by atoms with E-state index in [0.29, 0.717) is 10.9 Å². The van der Waals surface area contributed by atoms with E-state index in [1.807, 2.05) is 18.3 Å². The molecule has 0 fully saturated rings. The molecule has 1 amide bonds. The minimum atomic E-state index is -0.0999. The number of nitrogens with one attached hydrogen (secondary N) is 1. The van der Waals surface area contributed by atoms with Gasteiger partial charge in [-0.25, -0.2) is 4.99 Å². The third-order valence-corrected chi connectivity index (χ3v) is 8.35. The Kier molecular flexibility index (Phi) is 6.56. The Labute approximate surface area is 205 Å². The summed E-state index contributed by atoms with van der Waals surface area (Å²) in [4.78, 5) is 19.6. The number of hydrogen-bond donors (Lipinski definition) is 1. The van der Waals surface area contributed by atoms with Crippen LogP contribution in [0.4, 0.5) is 10.7 Å². The molecule has 0 unspecified atom stereocenters. The van der Waals surface area contributed by atoms with Crippen LogP contribution < -0.4 is 5.32 Å². The van der Waals surface area contributed by atoms with Crippen molar-refractivity contribution >= 4 is 45.7 Å². The Balaban J connectivity index is 1.72. The maximum Gasteiger partial charge on any atom is 0.259 e. The molecule has 0 aliphatic heterocycles. The van der Waals surface area contributed by atoms with Gasteiger partial charge in [0.1, 0.15) is 5.00 Å². The van der Waals surface area contributed by atoms with E-state index in [1.165, 1.54) is 16.1 Å². The number of benzene rings is 1. The molecule has 6 heteroatoms. The van der Waals surface area contributed by atoms with Gasteiger partial charge in [-0.15, -0.1) is 11.3 Å². The molecule has 1 atom stereocenters. The van der Waals surface area contributed by atoms with E-state index in [2.05, 4.69) is 57.6 Å². The van der Waals surface area contributed by atoms with Crippen molar-refractivity contribution in [2.75, 3.05) is 5.32 Å². The molecule has 174 valence electrons. The zero-order valence-corrected chi connectivity index (χ0v) is 21.8. The van der Waals surface area contributed by atoms with E-state index in [-0.39, 0.29) is 11.3 Å². The number of amides is 1. The van der Waals surface area contributed by atoms with Crippen LogP contribution in [-0.2, 0) is 19.9 Å². The van der Waals surface area contributed by atoms with Gasteiger partial charge < -0.3 is 9.88 Å². The lowest BCUT2D eigenvalue weighted by Gasteiger charge is -2.33. The predicted octanol–water partition coefficient (Wildman–Crippen LogP) is 7.51. The van der Waals surface area contributed by atoms with E-state index in [4.69, 9.17) is 16.6 Å². The number of carbonyl (C=O) groups excluding carboxylic acids is 1. The molecule has 0 radical (unpaired) electrons. The zero-order valence-electron chi connectivity index (χ0n) is 20.3. The second kappa shape index (κ2) is 9.11. The number of hydrogen-bond acceptors (Lipinski definition) is 3. The van der Waals surface area contributed by atoms with Crippen molar-refractivity contribution in [2.45, 2.75) is 53.9 Å². The lowest BCUT2D eigenvalue weighted by Crippen LogP contribution is -2.27. The average molecular weight is 482 g/mol. The van der Waals surface area contributed by atoms with Crippen LogP contribution in [0.5, 0.6) is 0 Å². The van der Waals surface area contributed by atoms with E-state index in [0.717, 1.165) is 46.8 Å². The van der Waals surface area contributed by atoms with Crippen LogP contribution in [0, 0.1) is 25.2 Å². The highest BCUT2D eigenvalue weighted by atomic mass is 35.5. The molecule has 4 nitrogen and oxygen atoms in total. The van der Waals surface area contributed by atoms with Gasteiger partial charge in [0.05, 0.1) is 5.56 Å². The highest BCUT2D eigenvalue weighted by Gasteiger charge is 2.33. The van der Waals surface area contributed by atoms with Crippen molar-refractivity contribution < 1.29 is 4.79 Å². The maximum absolute atomic E-state index is 13.5. The summed E-state index contributed by atoms with van der Waals surface area (Å²) in [5, 5.41) is 4.50. The summed E-state index contributed by atoms with van der Waals surface area (Å²) >= 11 is 7.68. The van der Waals surface area contributed by atoms with Crippen molar-refractivity contribution in [3.8, 4) is 0 Å². The fourth-order valence-corrected chi connectivity index (χ4v) is 5.90. The molecule has 2 heterocycles. The number of anilines is 1. The molecule has 2 aromatic heterocycles. The molecule has 0 bridgehead atoms. The van der Waals surface area contributed by atoms with E-state index in [1.54, 1.807) is 23.5 Å². The highest BCUT2D eigenvalue weighted by Crippen LogP contribution is 2.45. The second-order valence-electron chi connectivity index (χ2n) is 10.1. The molecule has 0 saturated heterocycles. The number of aliphatic imine (C=N–C) groups is 1. The Hall–Kier alpha value is -2.37. The van der Waals surface area contributed by atoms with Gasteiger partial charge in [0.25, 0.3) is 5.91 Å². The fourth-order valence-electron chi connectivity index (χ4n) is 4.51. The summed E-state index contributed by atoms with van der Waals surface area (Å²) in [6, 6.07) is 9.36. The van der Waals surface area contributed by atoms with Gasteiger partial charge in [-0.1, -0.05) is 32.4 Å². The van der Waals surface area contributed by atoms with Crippen LogP contribution in [0.3, 0.4) is 0 Å². The summed E-state index contributed by atoms with van der Waals surface area (Å²) in [7, 11) is 2.06. The third-order valence-electron chi connectivity index (χ3n) is 6.94. The minimum absolute atomic E-state index is 0.0999. The molecule has 1 aromatic carbocycles. The molecule has 1 aliphatic rings. The monoisotopic (exact) mass is 481 g/mol. The third kappa shape index (κ3) is 4.95. The van der Waals surface area contributed by atoms with Crippen LogP contribution in [0.2, 0.25) is 5.02 Å². The van der Waals surface area contributed by atoms with Crippen LogP contribution in [0.15, 0.2) is 35.3 Å². The molecule has 1 aliphatic carbocycles. The number of aromatic nitrogens is 1. The first-order valence-corrected chi connectivity index (χ1v) is 12.6. The van der Waals surface area contributed by atoms with Gasteiger partial charge in [-0.2, -0.15) is 0 Å². The number of fused-ring (bicyclic) bond motifs is 1. The molecular formula is C27H32ClN3OS. The molecule has 33 heavy (non-hydrogen) atoms. The standard InChI is InChI=1S/C27H32ClN3OS/c1-16-13-18(17(2)31(16)6)15-29-26-24(25(32)30-21-10-8-20(28)9-11-21)22-12-7-19(27(3,4)5)14-23(22)33-26/h8-11,13,15,19H,7,12,14H2,1-6H3,(H,30,32)/t19-/m0/s1. The smallest absolute Gasteiger partial charge is 0.259 e. The number of halogens is 1. The van der Waals surface area contributed by atoms with Crippen LogP contribution >= 0.6 is 22.9 Å². The van der Waals surface area contributed by atoms with E-state index < -0.39 is 0 Å². The van der Waals surface area contributed by atoms with Gasteiger partial charge in [0.15, 0.2) is 0 Å². The summed E-state index contributed by atoms with van der Waals surface area (Å²) in [5.41, 5.74) is 6.30. The topological polar surface area (TPSA) is 46.4 Å². The first kappa shape index (κ1) is 23.8. The number of thiophene rings is 1. The molecular weight excluding hydrogens is 450 g/mol. The summed E-state index contributed by atoms with van der Waals surface area (Å²) in [6.45, 7) is 11.1. The Morgan fingerprint density at radius 1 is 1.24 bits per heavy atom. The SMILES string of the molecule is Cc1cc(C=Nc2sc3c(c2C(=O)Nc2ccc(Cl)cc2)CC[C@H](C(C)(C)C)C3)c(C)n1C. The molecule has 0 saturated carbocycles. The number of aryl methyl sites for hydroxylation is 1. The van der Waals surface area contributed by atoms with Crippen LogP contribution in [0.25, 0.3) is 0 Å². The fraction of sp³-hybridized carbons (Fsp3) is 0.407. The van der Waals surface area contributed by atoms with Crippen LogP contribution in [-0.4, -0.2) is 16.7 Å². The highest BCUT2D eigenvalue weighted by molar-refractivity contribution is 7.16. The first-order chi connectivity index (χ1) is 15.5. The Morgan fingerprint density at radius 2 is 1.94 bits per heavy atom. The van der Waals surface area contributed by atoms with Crippen molar-refractivity contribution in [1.29, 1.82) is 0 Å². The summed E-state index contributed by atoms with van der Waals surface area (Å²) < 4.78 is 2.16. The van der Waals surface area contributed by atoms with Gasteiger partial charge in [0.2, 0.25) is 0 Å².